The number of nitrogen functional groups attached to an aromatic ring is 1. The van der Waals surface area contributed by atoms with Crippen molar-refractivity contribution in [3.8, 4) is 0 Å². The predicted octanol–water partition coefficient (Wildman–Crippen LogP) is 1.57. The van der Waals surface area contributed by atoms with Crippen LogP contribution in [0.1, 0.15) is 23.2 Å². The highest BCUT2D eigenvalue weighted by molar-refractivity contribution is 5.98. The summed E-state index contributed by atoms with van der Waals surface area (Å²) in [5.74, 6) is -0.579. The number of nitrogens with zero attached hydrogens (tertiary/aromatic N) is 2. The van der Waals surface area contributed by atoms with E-state index in [9.17, 15) is 9.18 Å². The van der Waals surface area contributed by atoms with E-state index in [-0.39, 0.29) is 11.6 Å². The fourth-order valence-corrected chi connectivity index (χ4v) is 2.54. The largest absolute Gasteiger partial charge is 0.398 e. The summed E-state index contributed by atoms with van der Waals surface area (Å²) < 4.78 is 13.0. The first kappa shape index (κ1) is 13.8. The number of carbonyl (C=O) groups excluding carboxylic acids is 1. The van der Waals surface area contributed by atoms with Crippen LogP contribution in [0.2, 0.25) is 0 Å². The summed E-state index contributed by atoms with van der Waals surface area (Å²) in [6.45, 7) is 1.75. The van der Waals surface area contributed by atoms with Gasteiger partial charge in [0.25, 0.3) is 5.91 Å². The number of carbonyl (C=O) groups is 1. The van der Waals surface area contributed by atoms with Crippen molar-refractivity contribution in [2.75, 3.05) is 32.9 Å². The van der Waals surface area contributed by atoms with Gasteiger partial charge < -0.3 is 15.5 Å². The predicted molar refractivity (Wildman–Crippen MR) is 73.4 cm³/mol. The molecule has 2 rings (SSSR count). The first-order chi connectivity index (χ1) is 8.99. The molecule has 1 aromatic carbocycles. The van der Waals surface area contributed by atoms with Gasteiger partial charge >= 0.3 is 0 Å². The van der Waals surface area contributed by atoms with Gasteiger partial charge in [-0.2, -0.15) is 0 Å². The number of hydrogen-bond acceptors (Lipinski definition) is 3. The number of nitrogens with two attached hydrogens (primary N) is 1. The highest BCUT2D eigenvalue weighted by Gasteiger charge is 2.24. The number of amides is 1. The van der Waals surface area contributed by atoms with Crippen molar-refractivity contribution in [3.05, 3.63) is 29.6 Å². The van der Waals surface area contributed by atoms with Gasteiger partial charge in [-0.25, -0.2) is 4.39 Å². The molecule has 0 bridgehead atoms. The maximum Gasteiger partial charge on any atom is 0.255 e. The Labute approximate surface area is 113 Å². The van der Waals surface area contributed by atoms with E-state index in [1.807, 2.05) is 0 Å². The van der Waals surface area contributed by atoms with Crippen LogP contribution in [0.4, 0.5) is 10.1 Å². The Kier molecular flexibility index (Phi) is 4.04. The molecule has 1 aliphatic heterocycles. The first-order valence-electron chi connectivity index (χ1n) is 6.50. The highest BCUT2D eigenvalue weighted by atomic mass is 19.1. The van der Waals surface area contributed by atoms with Crippen LogP contribution in [-0.4, -0.2) is 48.9 Å². The van der Waals surface area contributed by atoms with Crippen molar-refractivity contribution < 1.29 is 9.18 Å². The molecule has 19 heavy (non-hydrogen) atoms. The Bertz CT molecular complexity index is 478. The second kappa shape index (κ2) is 5.57. The van der Waals surface area contributed by atoms with Crippen LogP contribution in [0.5, 0.6) is 0 Å². The van der Waals surface area contributed by atoms with E-state index in [0.717, 1.165) is 13.0 Å². The van der Waals surface area contributed by atoms with E-state index >= 15 is 0 Å². The molecular weight excluding hydrogens is 245 g/mol. The Morgan fingerprint density at radius 1 is 1.58 bits per heavy atom. The molecule has 1 aliphatic rings. The van der Waals surface area contributed by atoms with E-state index in [0.29, 0.717) is 18.2 Å². The monoisotopic (exact) mass is 265 g/mol. The third-order valence-corrected chi connectivity index (χ3v) is 3.75. The standard InChI is InChI=1S/C14H20FN3O/c1-17-7-3-4-11(17)9-18(2)14(19)12-6-5-10(15)8-13(12)16/h5-6,8,11H,3-4,7,9,16H2,1-2H3. The van der Waals surface area contributed by atoms with Crippen LogP contribution in [-0.2, 0) is 0 Å². The van der Waals surface area contributed by atoms with Gasteiger partial charge in [0.2, 0.25) is 0 Å². The lowest BCUT2D eigenvalue weighted by molar-refractivity contribution is 0.0762. The summed E-state index contributed by atoms with van der Waals surface area (Å²) >= 11 is 0. The smallest absolute Gasteiger partial charge is 0.255 e. The van der Waals surface area contributed by atoms with Gasteiger partial charge in [0.15, 0.2) is 0 Å². The van der Waals surface area contributed by atoms with Crippen molar-refractivity contribution in [3.63, 3.8) is 0 Å². The minimum absolute atomic E-state index is 0.155. The molecule has 1 amide bonds. The summed E-state index contributed by atoms with van der Waals surface area (Å²) in [7, 11) is 3.83. The molecule has 5 heteroatoms. The highest BCUT2D eigenvalue weighted by Crippen LogP contribution is 2.19. The third-order valence-electron chi connectivity index (χ3n) is 3.75. The van der Waals surface area contributed by atoms with Gasteiger partial charge in [0, 0.05) is 25.3 Å². The Balaban J connectivity index is 2.06. The summed E-state index contributed by atoms with van der Waals surface area (Å²) in [6, 6.07) is 4.29. The maximum atomic E-state index is 13.0. The molecular formula is C14H20FN3O. The normalized spacial score (nSPS) is 19.6. The molecule has 1 unspecified atom stereocenters. The number of halogens is 1. The summed E-state index contributed by atoms with van der Waals surface area (Å²) in [5, 5.41) is 0. The Morgan fingerprint density at radius 2 is 2.32 bits per heavy atom. The fourth-order valence-electron chi connectivity index (χ4n) is 2.54. The molecule has 1 atom stereocenters. The molecule has 0 aliphatic carbocycles. The van der Waals surface area contributed by atoms with Crippen LogP contribution < -0.4 is 5.73 Å². The average molecular weight is 265 g/mol. The molecule has 0 spiro atoms. The van der Waals surface area contributed by atoms with Gasteiger partial charge in [-0.1, -0.05) is 0 Å². The van der Waals surface area contributed by atoms with Gasteiger partial charge in [0.1, 0.15) is 5.82 Å². The number of likely N-dealkylation sites (N-methyl/N-ethyl adjacent to an activating group) is 2. The van der Waals surface area contributed by atoms with Crippen LogP contribution >= 0.6 is 0 Å². The van der Waals surface area contributed by atoms with E-state index in [1.165, 1.54) is 24.6 Å². The van der Waals surface area contributed by atoms with E-state index in [4.69, 9.17) is 5.73 Å². The van der Waals surface area contributed by atoms with Crippen molar-refractivity contribution >= 4 is 11.6 Å². The van der Waals surface area contributed by atoms with Gasteiger partial charge in [-0.3, -0.25) is 4.79 Å². The molecule has 1 saturated heterocycles. The fraction of sp³-hybridized carbons (Fsp3) is 0.500. The summed E-state index contributed by atoms with van der Waals surface area (Å²) in [4.78, 5) is 16.2. The van der Waals surface area contributed by atoms with Gasteiger partial charge in [-0.15, -0.1) is 0 Å². The lowest BCUT2D eigenvalue weighted by Gasteiger charge is -2.26. The molecule has 1 aromatic rings. The van der Waals surface area contributed by atoms with E-state index in [1.54, 1.807) is 11.9 Å². The first-order valence-corrected chi connectivity index (χ1v) is 6.50. The van der Waals surface area contributed by atoms with Crippen LogP contribution in [0.25, 0.3) is 0 Å². The molecule has 104 valence electrons. The molecule has 4 nitrogen and oxygen atoms in total. The second-order valence-corrected chi connectivity index (χ2v) is 5.19. The molecule has 0 aromatic heterocycles. The molecule has 2 N–H and O–H groups in total. The Morgan fingerprint density at radius 3 is 2.89 bits per heavy atom. The minimum Gasteiger partial charge on any atom is -0.398 e. The lowest BCUT2D eigenvalue weighted by Crippen LogP contribution is -2.39. The topological polar surface area (TPSA) is 49.6 Å². The summed E-state index contributed by atoms with van der Waals surface area (Å²) in [6.07, 6.45) is 2.27. The second-order valence-electron chi connectivity index (χ2n) is 5.19. The van der Waals surface area contributed by atoms with E-state index < -0.39 is 5.82 Å². The zero-order valence-corrected chi connectivity index (χ0v) is 11.4. The van der Waals surface area contributed by atoms with Crippen molar-refractivity contribution in [2.24, 2.45) is 0 Å². The van der Waals surface area contributed by atoms with Crippen molar-refractivity contribution in [2.45, 2.75) is 18.9 Å². The van der Waals surface area contributed by atoms with E-state index in [2.05, 4.69) is 11.9 Å². The van der Waals surface area contributed by atoms with Crippen LogP contribution in [0.3, 0.4) is 0 Å². The third kappa shape index (κ3) is 3.04. The molecule has 1 heterocycles. The van der Waals surface area contributed by atoms with Crippen molar-refractivity contribution in [1.29, 1.82) is 0 Å². The van der Waals surface area contributed by atoms with Crippen molar-refractivity contribution in [1.82, 2.24) is 9.80 Å². The number of benzene rings is 1. The van der Waals surface area contributed by atoms with Gasteiger partial charge in [0.05, 0.1) is 5.56 Å². The maximum absolute atomic E-state index is 13.0. The quantitative estimate of drug-likeness (QED) is 0.844. The minimum atomic E-state index is -0.424. The molecule has 0 saturated carbocycles. The zero-order valence-electron chi connectivity index (χ0n) is 11.4. The lowest BCUT2D eigenvalue weighted by atomic mass is 10.1. The SMILES string of the molecule is CN(CC1CCCN1C)C(=O)c1ccc(F)cc1N. The zero-order chi connectivity index (χ0) is 14.0. The van der Waals surface area contributed by atoms with Crippen LogP contribution in [0, 0.1) is 5.82 Å². The van der Waals surface area contributed by atoms with Gasteiger partial charge in [-0.05, 0) is 44.6 Å². The average Bonchev–Trinajstić information content (AvgIpc) is 2.74. The molecule has 0 radical (unpaired) electrons. The number of anilines is 1. The van der Waals surface area contributed by atoms with Crippen LogP contribution in [0.15, 0.2) is 18.2 Å². The number of likely N-dealkylation sites (tertiary alicyclic amines) is 1. The Hall–Kier alpha value is -1.62. The number of hydrogen-bond donors (Lipinski definition) is 1. The molecule has 1 fully saturated rings. The summed E-state index contributed by atoms with van der Waals surface area (Å²) in [5.41, 5.74) is 6.25. The number of rotatable bonds is 3.